The molecule has 7 heteroatoms. The minimum Gasteiger partial charge on any atom is -0.441 e. The lowest BCUT2D eigenvalue weighted by molar-refractivity contribution is -0.121. The van der Waals surface area contributed by atoms with E-state index in [1.54, 1.807) is 17.2 Å². The topological polar surface area (TPSA) is 85.8 Å². The number of oxazole rings is 1. The summed E-state index contributed by atoms with van der Waals surface area (Å²) in [6.45, 7) is 1.96. The number of carbonyl (C=O) groups is 1. The van der Waals surface area contributed by atoms with Crippen LogP contribution in [-0.2, 0) is 11.2 Å². The van der Waals surface area contributed by atoms with E-state index in [-0.39, 0.29) is 11.9 Å². The lowest BCUT2D eigenvalue weighted by Crippen LogP contribution is -2.26. The molecule has 4 rings (SSSR count). The molecule has 0 bridgehead atoms. The van der Waals surface area contributed by atoms with Crippen molar-refractivity contribution in [2.75, 3.05) is 0 Å². The van der Waals surface area contributed by atoms with Crippen molar-refractivity contribution in [3.05, 3.63) is 84.9 Å². The van der Waals surface area contributed by atoms with Crippen LogP contribution in [0.25, 0.3) is 17.0 Å². The highest BCUT2D eigenvalue weighted by molar-refractivity contribution is 5.76. The molecule has 0 saturated heterocycles. The molecule has 1 amide bonds. The molecule has 0 radical (unpaired) electrons. The van der Waals surface area contributed by atoms with Gasteiger partial charge < -0.3 is 9.73 Å². The fraction of sp³-hybridized carbons (Fsp3) is 0.182. The van der Waals surface area contributed by atoms with E-state index in [1.807, 2.05) is 61.5 Å². The zero-order chi connectivity index (χ0) is 20.1. The summed E-state index contributed by atoms with van der Waals surface area (Å²) in [6, 6.07) is 17.5. The summed E-state index contributed by atoms with van der Waals surface area (Å²) in [5.41, 5.74) is 2.91. The minimum atomic E-state index is -0.100. The fourth-order valence-corrected chi connectivity index (χ4v) is 3.04. The molecule has 0 fully saturated rings. The zero-order valence-electron chi connectivity index (χ0n) is 16.0. The Kier molecular flexibility index (Phi) is 5.47. The Morgan fingerprint density at radius 1 is 1.14 bits per heavy atom. The highest BCUT2D eigenvalue weighted by atomic mass is 16.4. The van der Waals surface area contributed by atoms with Crippen LogP contribution in [0.1, 0.15) is 30.8 Å². The number of benzene rings is 2. The molecular weight excluding hydrogens is 366 g/mol. The van der Waals surface area contributed by atoms with Crippen molar-refractivity contribution in [3.8, 4) is 17.0 Å². The van der Waals surface area contributed by atoms with Crippen LogP contribution < -0.4 is 5.32 Å². The van der Waals surface area contributed by atoms with Crippen LogP contribution in [0.5, 0.6) is 0 Å². The second-order valence-electron chi connectivity index (χ2n) is 6.71. The van der Waals surface area contributed by atoms with Gasteiger partial charge in [-0.25, -0.2) is 14.6 Å². The predicted octanol–water partition coefficient (Wildman–Crippen LogP) is 3.73. The van der Waals surface area contributed by atoms with Crippen molar-refractivity contribution >= 4 is 5.91 Å². The third kappa shape index (κ3) is 4.57. The van der Waals surface area contributed by atoms with Crippen LogP contribution >= 0.6 is 0 Å². The second-order valence-corrected chi connectivity index (χ2v) is 6.71. The zero-order valence-corrected chi connectivity index (χ0v) is 16.0. The minimum absolute atomic E-state index is 0.0442. The van der Waals surface area contributed by atoms with E-state index in [9.17, 15) is 4.79 Å². The van der Waals surface area contributed by atoms with Crippen molar-refractivity contribution in [1.82, 2.24) is 25.1 Å². The van der Waals surface area contributed by atoms with Gasteiger partial charge in [-0.1, -0.05) is 42.5 Å². The molecule has 1 atom stereocenters. The van der Waals surface area contributed by atoms with Crippen LogP contribution in [0.4, 0.5) is 0 Å². The first-order valence-corrected chi connectivity index (χ1v) is 9.43. The highest BCUT2D eigenvalue weighted by Gasteiger charge is 2.12. The second kappa shape index (κ2) is 8.52. The average Bonchev–Trinajstić information content (AvgIpc) is 3.45. The maximum Gasteiger partial charge on any atom is 0.220 e. The number of nitrogens with zero attached hydrogens (tertiary/aromatic N) is 4. The Morgan fingerprint density at radius 2 is 1.93 bits per heavy atom. The largest absolute Gasteiger partial charge is 0.441 e. The van der Waals surface area contributed by atoms with Gasteiger partial charge in [0.2, 0.25) is 5.91 Å². The molecule has 2 aromatic carbocycles. The molecule has 0 aliphatic rings. The van der Waals surface area contributed by atoms with Crippen LogP contribution in [0.2, 0.25) is 0 Å². The van der Waals surface area contributed by atoms with Gasteiger partial charge in [-0.05, 0) is 24.6 Å². The Labute approximate surface area is 168 Å². The number of hydrogen-bond donors (Lipinski definition) is 1. The molecule has 7 nitrogen and oxygen atoms in total. The standard InChI is InChI=1S/C22H21N5O2/c1-16(17-7-9-19(10-8-17)27-15-23-14-25-27)26-21(28)11-12-22-24-13-20(29-22)18-5-3-2-4-6-18/h2-10,13-16H,11-12H2,1H3,(H,26,28)/t16-/m1/s1. The van der Waals surface area contributed by atoms with Crippen LogP contribution in [0.15, 0.2) is 77.9 Å². The van der Waals surface area contributed by atoms with Crippen molar-refractivity contribution in [3.63, 3.8) is 0 Å². The Hall–Kier alpha value is -3.74. The number of rotatable bonds is 7. The van der Waals surface area contributed by atoms with E-state index in [0.717, 1.165) is 16.8 Å². The van der Waals surface area contributed by atoms with Crippen molar-refractivity contribution in [2.45, 2.75) is 25.8 Å². The predicted molar refractivity (Wildman–Crippen MR) is 108 cm³/mol. The van der Waals surface area contributed by atoms with Gasteiger partial charge in [0.15, 0.2) is 11.7 Å². The summed E-state index contributed by atoms with van der Waals surface area (Å²) < 4.78 is 7.44. The normalized spacial score (nSPS) is 11.9. The molecule has 4 aromatic rings. The quantitative estimate of drug-likeness (QED) is 0.522. The summed E-state index contributed by atoms with van der Waals surface area (Å²) >= 11 is 0. The first-order chi connectivity index (χ1) is 14.2. The van der Waals surface area contributed by atoms with Gasteiger partial charge >= 0.3 is 0 Å². The highest BCUT2D eigenvalue weighted by Crippen LogP contribution is 2.20. The number of nitrogens with one attached hydrogen (secondary N) is 1. The third-order valence-electron chi connectivity index (χ3n) is 4.63. The van der Waals surface area contributed by atoms with Crippen molar-refractivity contribution < 1.29 is 9.21 Å². The monoisotopic (exact) mass is 387 g/mol. The smallest absolute Gasteiger partial charge is 0.220 e. The molecular formula is C22H21N5O2. The summed E-state index contributed by atoms with van der Waals surface area (Å²) in [5, 5.41) is 7.12. The molecule has 0 aliphatic heterocycles. The summed E-state index contributed by atoms with van der Waals surface area (Å²) in [6.07, 6.45) is 5.61. The maximum atomic E-state index is 12.3. The van der Waals surface area contributed by atoms with E-state index < -0.39 is 0 Å². The Balaban J connectivity index is 1.30. The van der Waals surface area contributed by atoms with Gasteiger partial charge in [-0.3, -0.25) is 4.79 Å². The number of aromatic nitrogens is 4. The average molecular weight is 387 g/mol. The summed E-state index contributed by atoms with van der Waals surface area (Å²) in [5.74, 6) is 1.23. The molecule has 0 aliphatic carbocycles. The lowest BCUT2D eigenvalue weighted by atomic mass is 10.1. The van der Waals surface area contributed by atoms with E-state index in [4.69, 9.17) is 4.42 Å². The first-order valence-electron chi connectivity index (χ1n) is 9.43. The fourth-order valence-electron chi connectivity index (χ4n) is 3.04. The van der Waals surface area contributed by atoms with Crippen molar-refractivity contribution in [2.24, 2.45) is 0 Å². The SMILES string of the molecule is C[C@@H](NC(=O)CCc1ncc(-c2ccccc2)o1)c1ccc(-n2cncn2)cc1. The van der Waals surface area contributed by atoms with Crippen molar-refractivity contribution in [1.29, 1.82) is 0 Å². The number of aryl methyl sites for hydroxylation is 1. The maximum absolute atomic E-state index is 12.3. The third-order valence-corrected chi connectivity index (χ3v) is 4.63. The van der Waals surface area contributed by atoms with E-state index in [0.29, 0.717) is 24.5 Å². The van der Waals surface area contributed by atoms with Gasteiger partial charge in [0, 0.05) is 18.4 Å². The van der Waals surface area contributed by atoms with E-state index >= 15 is 0 Å². The van der Waals surface area contributed by atoms with E-state index in [2.05, 4.69) is 20.4 Å². The van der Waals surface area contributed by atoms with Gasteiger partial charge in [0.05, 0.1) is 17.9 Å². The number of carbonyl (C=O) groups excluding carboxylic acids is 1. The Bertz CT molecular complexity index is 1060. The van der Waals surface area contributed by atoms with Gasteiger partial charge in [0.25, 0.3) is 0 Å². The lowest BCUT2D eigenvalue weighted by Gasteiger charge is -2.14. The molecule has 1 N–H and O–H groups in total. The summed E-state index contributed by atoms with van der Waals surface area (Å²) in [7, 11) is 0. The molecule has 2 aromatic heterocycles. The summed E-state index contributed by atoms with van der Waals surface area (Å²) in [4.78, 5) is 20.5. The van der Waals surface area contributed by atoms with E-state index in [1.165, 1.54) is 6.33 Å². The van der Waals surface area contributed by atoms with Crippen LogP contribution in [0.3, 0.4) is 0 Å². The molecule has 0 spiro atoms. The van der Waals surface area contributed by atoms with Gasteiger partial charge in [-0.2, -0.15) is 5.10 Å². The first kappa shape index (κ1) is 18.6. The molecule has 146 valence electrons. The molecule has 0 saturated carbocycles. The molecule has 2 heterocycles. The number of amides is 1. The van der Waals surface area contributed by atoms with Gasteiger partial charge in [0.1, 0.15) is 12.7 Å². The molecule has 29 heavy (non-hydrogen) atoms. The molecule has 0 unspecified atom stereocenters. The Morgan fingerprint density at radius 3 is 2.66 bits per heavy atom. The van der Waals surface area contributed by atoms with Gasteiger partial charge in [-0.15, -0.1) is 0 Å². The van der Waals surface area contributed by atoms with Crippen LogP contribution in [-0.4, -0.2) is 25.7 Å². The number of hydrogen-bond acceptors (Lipinski definition) is 5. The van der Waals surface area contributed by atoms with Crippen LogP contribution in [0, 0.1) is 0 Å².